The van der Waals surface area contributed by atoms with Crippen LogP contribution in [0.3, 0.4) is 0 Å². The highest BCUT2D eigenvalue weighted by Crippen LogP contribution is 2.20. The normalized spacial score (nSPS) is 10.8. The summed E-state index contributed by atoms with van der Waals surface area (Å²) in [6, 6.07) is 17.2. The monoisotopic (exact) mass is 361 g/mol. The van der Waals surface area contributed by atoms with E-state index in [1.54, 1.807) is 18.0 Å². The highest BCUT2D eigenvalue weighted by Gasteiger charge is 2.07. The maximum Gasteiger partial charge on any atom is 0.255 e. The molecule has 2 N–H and O–H groups in total. The minimum Gasteiger partial charge on any atom is -0.321 e. The Labute approximate surface area is 154 Å². The van der Waals surface area contributed by atoms with Crippen LogP contribution in [0.2, 0.25) is 0 Å². The molecule has 128 valence electrons. The second-order valence-electron chi connectivity index (χ2n) is 5.65. The number of para-hydroxylation sites is 1. The molecule has 0 fully saturated rings. The average molecular weight is 361 g/mol. The van der Waals surface area contributed by atoms with Gasteiger partial charge in [-0.3, -0.25) is 14.9 Å². The van der Waals surface area contributed by atoms with Crippen LogP contribution < -0.4 is 5.32 Å². The number of carbonyl (C=O) groups excluding carboxylic acids is 1. The van der Waals surface area contributed by atoms with E-state index in [4.69, 9.17) is 0 Å². The molecule has 0 spiro atoms. The van der Waals surface area contributed by atoms with Crippen molar-refractivity contribution in [1.82, 2.24) is 20.2 Å². The molecule has 0 radical (unpaired) electrons. The number of carbonyl (C=O) groups is 1. The summed E-state index contributed by atoms with van der Waals surface area (Å²) in [4.78, 5) is 20.9. The number of benzene rings is 2. The van der Waals surface area contributed by atoms with Crippen molar-refractivity contribution in [2.75, 3.05) is 5.32 Å². The second kappa shape index (κ2) is 7.37. The van der Waals surface area contributed by atoms with Gasteiger partial charge in [0.25, 0.3) is 5.91 Å². The molecule has 26 heavy (non-hydrogen) atoms. The number of thioether (sulfide) groups is 1. The van der Waals surface area contributed by atoms with Crippen LogP contribution in [0, 0.1) is 0 Å². The lowest BCUT2D eigenvalue weighted by molar-refractivity contribution is 0.102. The van der Waals surface area contributed by atoms with Gasteiger partial charge in [0.15, 0.2) is 5.16 Å². The molecule has 0 saturated carbocycles. The number of pyridine rings is 1. The van der Waals surface area contributed by atoms with Crippen molar-refractivity contribution < 1.29 is 4.79 Å². The molecule has 0 saturated heterocycles. The Hall–Kier alpha value is -3.19. The fraction of sp³-hybridized carbons (Fsp3) is 0.0526. The number of aromatic nitrogens is 4. The van der Waals surface area contributed by atoms with Crippen LogP contribution in [-0.2, 0) is 5.75 Å². The van der Waals surface area contributed by atoms with Gasteiger partial charge in [0, 0.05) is 16.7 Å². The third kappa shape index (κ3) is 3.73. The van der Waals surface area contributed by atoms with Gasteiger partial charge in [0.2, 0.25) is 0 Å². The van der Waals surface area contributed by atoms with E-state index in [0.717, 1.165) is 27.4 Å². The zero-order chi connectivity index (χ0) is 17.8. The Morgan fingerprint density at radius 1 is 1.08 bits per heavy atom. The third-order valence-electron chi connectivity index (χ3n) is 3.83. The lowest BCUT2D eigenvalue weighted by Crippen LogP contribution is -2.12. The summed E-state index contributed by atoms with van der Waals surface area (Å²) in [6.07, 6.45) is 3.15. The van der Waals surface area contributed by atoms with Crippen molar-refractivity contribution in [3.63, 3.8) is 0 Å². The quantitative estimate of drug-likeness (QED) is 0.527. The lowest BCUT2D eigenvalue weighted by atomic mass is 10.1. The van der Waals surface area contributed by atoms with Gasteiger partial charge in [-0.05, 0) is 29.8 Å². The van der Waals surface area contributed by atoms with Crippen molar-refractivity contribution in [2.24, 2.45) is 0 Å². The maximum atomic E-state index is 12.4. The van der Waals surface area contributed by atoms with Crippen molar-refractivity contribution in [3.05, 3.63) is 78.2 Å². The Morgan fingerprint density at radius 3 is 2.73 bits per heavy atom. The summed E-state index contributed by atoms with van der Waals surface area (Å²) >= 11 is 1.56. The molecule has 2 aromatic heterocycles. The topological polar surface area (TPSA) is 83.6 Å². The van der Waals surface area contributed by atoms with E-state index in [1.165, 1.54) is 6.33 Å². The van der Waals surface area contributed by atoms with E-state index in [9.17, 15) is 4.79 Å². The number of rotatable bonds is 5. The Balaban J connectivity index is 1.42. The molecule has 0 atom stereocenters. The predicted octanol–water partition coefficient (Wildman–Crippen LogP) is 3.90. The summed E-state index contributed by atoms with van der Waals surface area (Å²) in [6.45, 7) is 0. The van der Waals surface area contributed by atoms with Gasteiger partial charge in [-0.15, -0.1) is 0 Å². The van der Waals surface area contributed by atoms with E-state index in [-0.39, 0.29) is 5.91 Å². The molecule has 0 unspecified atom stereocenters. The Morgan fingerprint density at radius 2 is 1.92 bits per heavy atom. The molecule has 0 aliphatic carbocycles. The summed E-state index contributed by atoms with van der Waals surface area (Å²) in [7, 11) is 0. The van der Waals surface area contributed by atoms with E-state index >= 15 is 0 Å². The first-order valence-corrected chi connectivity index (χ1v) is 9.00. The van der Waals surface area contributed by atoms with Gasteiger partial charge < -0.3 is 5.32 Å². The van der Waals surface area contributed by atoms with Crippen LogP contribution in [0.25, 0.3) is 10.9 Å². The van der Waals surface area contributed by atoms with Crippen LogP contribution in [0.5, 0.6) is 0 Å². The molecule has 4 aromatic rings. The fourth-order valence-corrected chi connectivity index (χ4v) is 3.25. The first kappa shape index (κ1) is 16.3. The van der Waals surface area contributed by atoms with Crippen molar-refractivity contribution >= 4 is 34.3 Å². The SMILES string of the molecule is O=C(Nc1cnc2ccccc2c1)c1ccc(CSc2ncn[nH]2)cc1. The molecular weight excluding hydrogens is 346 g/mol. The molecule has 1 amide bonds. The number of hydrogen-bond acceptors (Lipinski definition) is 5. The molecule has 4 rings (SSSR count). The summed E-state index contributed by atoms with van der Waals surface area (Å²) in [5.74, 6) is 0.600. The summed E-state index contributed by atoms with van der Waals surface area (Å²) in [5, 5.41) is 11.3. The van der Waals surface area contributed by atoms with E-state index in [0.29, 0.717) is 11.3 Å². The molecule has 7 heteroatoms. The minimum atomic E-state index is -0.156. The number of amides is 1. The minimum absolute atomic E-state index is 0.156. The molecule has 2 heterocycles. The van der Waals surface area contributed by atoms with Gasteiger partial charge in [-0.25, -0.2) is 4.98 Å². The third-order valence-corrected chi connectivity index (χ3v) is 4.78. The van der Waals surface area contributed by atoms with Crippen LogP contribution >= 0.6 is 11.8 Å². The summed E-state index contributed by atoms with van der Waals surface area (Å²) in [5.41, 5.74) is 3.29. The molecule has 0 aliphatic heterocycles. The second-order valence-corrected chi connectivity index (χ2v) is 6.61. The lowest BCUT2D eigenvalue weighted by Gasteiger charge is -2.07. The maximum absolute atomic E-state index is 12.4. The number of nitrogens with one attached hydrogen (secondary N) is 2. The number of aromatic amines is 1. The zero-order valence-electron chi connectivity index (χ0n) is 13.7. The fourth-order valence-electron chi connectivity index (χ4n) is 2.51. The number of hydrogen-bond donors (Lipinski definition) is 2. The van der Waals surface area contributed by atoms with Gasteiger partial charge in [0.1, 0.15) is 6.33 Å². The van der Waals surface area contributed by atoms with Gasteiger partial charge in [-0.1, -0.05) is 42.1 Å². The zero-order valence-corrected chi connectivity index (χ0v) is 14.5. The van der Waals surface area contributed by atoms with Crippen LogP contribution in [-0.4, -0.2) is 26.1 Å². The molecule has 6 nitrogen and oxygen atoms in total. The first-order chi connectivity index (χ1) is 12.8. The molecular formula is C19H15N5OS. The van der Waals surface area contributed by atoms with E-state index < -0.39 is 0 Å². The van der Waals surface area contributed by atoms with Crippen molar-refractivity contribution in [2.45, 2.75) is 10.9 Å². The largest absolute Gasteiger partial charge is 0.321 e. The molecule has 0 aliphatic rings. The van der Waals surface area contributed by atoms with E-state index in [2.05, 4.69) is 25.5 Å². The molecule has 2 aromatic carbocycles. The average Bonchev–Trinajstić information content (AvgIpc) is 3.20. The highest BCUT2D eigenvalue weighted by molar-refractivity contribution is 7.98. The standard InChI is InChI=1S/C19H15N5OS/c25-18(23-16-9-15-3-1-2-4-17(15)20-10-16)14-7-5-13(6-8-14)11-26-19-21-12-22-24-19/h1-10,12H,11H2,(H,23,25)(H,21,22,24). The number of nitrogens with zero attached hydrogens (tertiary/aromatic N) is 3. The molecule has 0 bridgehead atoms. The van der Waals surface area contributed by atoms with Crippen LogP contribution in [0.4, 0.5) is 5.69 Å². The highest BCUT2D eigenvalue weighted by atomic mass is 32.2. The van der Waals surface area contributed by atoms with Gasteiger partial charge >= 0.3 is 0 Å². The number of fused-ring (bicyclic) bond motifs is 1. The predicted molar refractivity (Wildman–Crippen MR) is 102 cm³/mol. The van der Waals surface area contributed by atoms with Crippen molar-refractivity contribution in [1.29, 1.82) is 0 Å². The van der Waals surface area contributed by atoms with Crippen LogP contribution in [0.15, 0.2) is 72.3 Å². The first-order valence-electron chi connectivity index (χ1n) is 8.01. The van der Waals surface area contributed by atoms with Gasteiger partial charge in [-0.2, -0.15) is 5.10 Å². The Kier molecular flexibility index (Phi) is 4.61. The number of H-pyrrole nitrogens is 1. The smallest absolute Gasteiger partial charge is 0.255 e. The van der Waals surface area contributed by atoms with Crippen molar-refractivity contribution in [3.8, 4) is 0 Å². The number of anilines is 1. The summed E-state index contributed by atoms with van der Waals surface area (Å²) < 4.78 is 0. The van der Waals surface area contributed by atoms with E-state index in [1.807, 2.05) is 54.6 Å². The van der Waals surface area contributed by atoms with Gasteiger partial charge in [0.05, 0.1) is 17.4 Å². The van der Waals surface area contributed by atoms with Crippen LogP contribution in [0.1, 0.15) is 15.9 Å². The Bertz CT molecular complexity index is 1030.